The van der Waals surface area contributed by atoms with Gasteiger partial charge in [-0.05, 0) is 37.6 Å². The number of benzene rings is 1. The predicted octanol–water partition coefficient (Wildman–Crippen LogP) is 2.06. The summed E-state index contributed by atoms with van der Waals surface area (Å²) < 4.78 is 29.1. The van der Waals surface area contributed by atoms with Gasteiger partial charge < -0.3 is 0 Å². The number of fused-ring (bicyclic) bond motifs is 1. The van der Waals surface area contributed by atoms with Crippen molar-refractivity contribution in [2.45, 2.75) is 38.4 Å². The molecule has 29 heavy (non-hydrogen) atoms. The second kappa shape index (κ2) is 8.20. The quantitative estimate of drug-likeness (QED) is 0.632. The molecule has 0 amide bonds. The van der Waals surface area contributed by atoms with Gasteiger partial charge in [0, 0.05) is 25.5 Å². The van der Waals surface area contributed by atoms with Crippen LogP contribution in [0.2, 0.25) is 0 Å². The molecule has 0 saturated carbocycles. The van der Waals surface area contributed by atoms with E-state index in [2.05, 4.69) is 14.9 Å². The van der Waals surface area contributed by atoms with Crippen LogP contribution in [0.15, 0.2) is 52.3 Å². The van der Waals surface area contributed by atoms with Gasteiger partial charge in [0.15, 0.2) is 0 Å². The van der Waals surface area contributed by atoms with Crippen LogP contribution >= 0.6 is 0 Å². The zero-order valence-corrected chi connectivity index (χ0v) is 15.7. The van der Waals surface area contributed by atoms with Crippen molar-refractivity contribution < 1.29 is 8.78 Å². The Kier molecular flexibility index (Phi) is 5.48. The molecule has 1 fully saturated rings. The molecule has 152 valence electrons. The number of hydrogen-bond donors (Lipinski definition) is 0. The summed E-state index contributed by atoms with van der Waals surface area (Å²) in [6.07, 6.45) is 2.04. The Morgan fingerprint density at radius 1 is 1.14 bits per heavy atom. The first kappa shape index (κ1) is 19.4. The number of rotatable bonds is 6. The van der Waals surface area contributed by atoms with Crippen LogP contribution in [0.3, 0.4) is 0 Å². The van der Waals surface area contributed by atoms with E-state index in [9.17, 15) is 18.4 Å². The summed E-state index contributed by atoms with van der Waals surface area (Å²) in [5, 5.41) is 0.336. The molecule has 4 rings (SSSR count). The van der Waals surface area contributed by atoms with Gasteiger partial charge in [0.05, 0.1) is 23.5 Å². The number of halogens is 2. The fourth-order valence-corrected chi connectivity index (χ4v) is 3.93. The van der Waals surface area contributed by atoms with E-state index >= 15 is 0 Å². The van der Waals surface area contributed by atoms with E-state index in [0.29, 0.717) is 29.8 Å². The van der Waals surface area contributed by atoms with Crippen molar-refractivity contribution in [2.75, 3.05) is 13.1 Å². The van der Waals surface area contributed by atoms with Crippen molar-refractivity contribution in [1.29, 1.82) is 0 Å². The lowest BCUT2D eigenvalue weighted by molar-refractivity contribution is 0.120. The zero-order chi connectivity index (χ0) is 20.4. The van der Waals surface area contributed by atoms with E-state index < -0.39 is 18.5 Å². The number of alkyl halides is 2. The van der Waals surface area contributed by atoms with E-state index in [0.717, 1.165) is 24.0 Å². The normalized spacial score (nSPS) is 17.4. The fraction of sp³-hybridized carbons (Fsp3) is 0.400. The first-order valence-corrected chi connectivity index (χ1v) is 9.58. The van der Waals surface area contributed by atoms with E-state index in [1.54, 1.807) is 36.5 Å². The third kappa shape index (κ3) is 3.95. The highest BCUT2D eigenvalue weighted by molar-refractivity contribution is 5.77. The molecular formula is C20H21F2N5O2. The highest BCUT2D eigenvalue weighted by atomic mass is 19.3. The molecule has 1 unspecified atom stereocenters. The first-order chi connectivity index (χ1) is 14.0. The summed E-state index contributed by atoms with van der Waals surface area (Å²) in [5.41, 5.74) is -0.267. The smallest absolute Gasteiger partial charge is 0.298 e. The minimum atomic E-state index is -2.65. The van der Waals surface area contributed by atoms with Crippen molar-refractivity contribution in [3.63, 3.8) is 0 Å². The number of aromatic nitrogens is 4. The standard InChI is InChI=1S/C20H21F2N5O2/c21-17(22)13-27-18(24-15-6-2-1-5-14(15)19(27)28)16-7-3-9-25(16)11-12-26-10-4-8-23-20(26)29/h1-2,4-6,8,10,16-17H,3,7,9,11-13H2. The number of nitrogens with zero attached hydrogens (tertiary/aromatic N) is 5. The summed E-state index contributed by atoms with van der Waals surface area (Å²) in [6, 6.07) is 8.24. The first-order valence-electron chi connectivity index (χ1n) is 9.58. The lowest BCUT2D eigenvalue weighted by Gasteiger charge is -2.26. The van der Waals surface area contributed by atoms with E-state index in [-0.39, 0.29) is 11.7 Å². The van der Waals surface area contributed by atoms with Gasteiger partial charge in [-0.1, -0.05) is 12.1 Å². The lowest BCUT2D eigenvalue weighted by Crippen LogP contribution is -2.36. The monoisotopic (exact) mass is 401 g/mol. The van der Waals surface area contributed by atoms with Gasteiger partial charge >= 0.3 is 5.69 Å². The van der Waals surface area contributed by atoms with Gasteiger partial charge in [-0.25, -0.2) is 23.5 Å². The van der Waals surface area contributed by atoms with Crippen LogP contribution in [0, 0.1) is 0 Å². The zero-order valence-electron chi connectivity index (χ0n) is 15.7. The molecule has 1 aliphatic heterocycles. The van der Waals surface area contributed by atoms with E-state index in [1.807, 2.05) is 0 Å². The maximum atomic E-state index is 13.2. The maximum absolute atomic E-state index is 13.2. The van der Waals surface area contributed by atoms with Gasteiger partial charge in [0.1, 0.15) is 5.82 Å². The Labute approximate surface area is 165 Å². The van der Waals surface area contributed by atoms with Crippen molar-refractivity contribution in [1.82, 2.24) is 24.0 Å². The van der Waals surface area contributed by atoms with Gasteiger partial charge in [0.25, 0.3) is 12.0 Å². The van der Waals surface area contributed by atoms with Crippen molar-refractivity contribution in [2.24, 2.45) is 0 Å². The Morgan fingerprint density at radius 3 is 2.76 bits per heavy atom. The molecule has 7 nitrogen and oxygen atoms in total. The Morgan fingerprint density at radius 2 is 1.97 bits per heavy atom. The van der Waals surface area contributed by atoms with E-state index in [4.69, 9.17) is 0 Å². The van der Waals surface area contributed by atoms with Gasteiger partial charge in [-0.2, -0.15) is 0 Å². The average molecular weight is 401 g/mol. The van der Waals surface area contributed by atoms with Crippen LogP contribution in [-0.4, -0.2) is 43.5 Å². The minimum Gasteiger partial charge on any atom is -0.298 e. The lowest BCUT2D eigenvalue weighted by atomic mass is 10.1. The molecule has 0 spiro atoms. The third-order valence-corrected chi connectivity index (χ3v) is 5.28. The molecule has 3 aromatic rings. The molecule has 1 aromatic carbocycles. The molecule has 1 atom stereocenters. The van der Waals surface area contributed by atoms with Crippen molar-refractivity contribution in [3.8, 4) is 0 Å². The molecule has 9 heteroatoms. The highest BCUT2D eigenvalue weighted by Gasteiger charge is 2.30. The molecule has 0 radical (unpaired) electrons. The summed E-state index contributed by atoms with van der Waals surface area (Å²) in [7, 11) is 0. The SMILES string of the molecule is O=c1ncccn1CCN1CCCC1c1nc2ccccc2c(=O)n1CC(F)F. The van der Waals surface area contributed by atoms with Crippen LogP contribution in [-0.2, 0) is 13.1 Å². The summed E-state index contributed by atoms with van der Waals surface area (Å²) in [6.45, 7) is 1.03. The van der Waals surface area contributed by atoms with Crippen molar-refractivity contribution in [3.05, 3.63) is 69.4 Å². The van der Waals surface area contributed by atoms with Crippen LogP contribution in [0.1, 0.15) is 24.7 Å². The highest BCUT2D eigenvalue weighted by Crippen LogP contribution is 2.31. The van der Waals surface area contributed by atoms with Crippen LogP contribution in [0.5, 0.6) is 0 Å². The molecular weight excluding hydrogens is 380 g/mol. The molecule has 0 aliphatic carbocycles. The van der Waals surface area contributed by atoms with Crippen LogP contribution in [0.25, 0.3) is 10.9 Å². The summed E-state index contributed by atoms with van der Waals surface area (Å²) >= 11 is 0. The van der Waals surface area contributed by atoms with Crippen molar-refractivity contribution >= 4 is 10.9 Å². The molecule has 0 N–H and O–H groups in total. The number of hydrogen-bond acceptors (Lipinski definition) is 5. The Balaban J connectivity index is 1.69. The second-order valence-corrected chi connectivity index (χ2v) is 7.08. The summed E-state index contributed by atoms with van der Waals surface area (Å²) in [4.78, 5) is 35.2. The fourth-order valence-electron chi connectivity index (χ4n) is 3.93. The van der Waals surface area contributed by atoms with Crippen LogP contribution < -0.4 is 11.2 Å². The number of para-hydroxylation sites is 1. The average Bonchev–Trinajstić information content (AvgIpc) is 3.17. The van der Waals surface area contributed by atoms with Crippen LogP contribution in [0.4, 0.5) is 8.78 Å². The van der Waals surface area contributed by atoms with E-state index in [1.165, 1.54) is 10.8 Å². The molecule has 0 bridgehead atoms. The molecule has 2 aromatic heterocycles. The predicted molar refractivity (Wildman–Crippen MR) is 104 cm³/mol. The summed E-state index contributed by atoms with van der Waals surface area (Å²) in [5.74, 6) is 0.366. The van der Waals surface area contributed by atoms with Gasteiger partial charge in [-0.3, -0.25) is 18.8 Å². The van der Waals surface area contributed by atoms with Gasteiger partial charge in [0.2, 0.25) is 0 Å². The molecule has 1 saturated heterocycles. The molecule has 1 aliphatic rings. The van der Waals surface area contributed by atoms with Gasteiger partial charge in [-0.15, -0.1) is 0 Å². The minimum absolute atomic E-state index is 0.251. The number of likely N-dealkylation sites (tertiary alicyclic amines) is 1. The molecule has 3 heterocycles. The third-order valence-electron chi connectivity index (χ3n) is 5.28. The largest absolute Gasteiger partial charge is 0.347 e. The maximum Gasteiger partial charge on any atom is 0.347 e. The topological polar surface area (TPSA) is 73.0 Å². The second-order valence-electron chi connectivity index (χ2n) is 7.08. The Hall–Kier alpha value is -2.94. The Bertz CT molecular complexity index is 1130.